The minimum atomic E-state index is 0.0558. The van der Waals surface area contributed by atoms with E-state index in [1.807, 2.05) is 32.0 Å². The van der Waals surface area contributed by atoms with Crippen LogP contribution in [0.25, 0.3) is 5.78 Å². The largest absolute Gasteiger partial charge is 0.355 e. The number of rotatable bonds is 6. The van der Waals surface area contributed by atoms with Crippen molar-refractivity contribution in [3.63, 3.8) is 0 Å². The summed E-state index contributed by atoms with van der Waals surface area (Å²) in [6.45, 7) is 6.70. The van der Waals surface area contributed by atoms with Crippen LogP contribution in [-0.2, 0) is 11.2 Å². The first-order valence-corrected chi connectivity index (χ1v) is 8.53. The van der Waals surface area contributed by atoms with Crippen molar-refractivity contribution >= 4 is 11.7 Å². The Bertz CT molecular complexity index is 872. The maximum absolute atomic E-state index is 12.2. The van der Waals surface area contributed by atoms with Gasteiger partial charge in [0.15, 0.2) is 0 Å². The molecule has 0 saturated heterocycles. The summed E-state index contributed by atoms with van der Waals surface area (Å²) < 4.78 is 1.72. The van der Waals surface area contributed by atoms with Gasteiger partial charge in [0.05, 0.1) is 0 Å². The monoisotopic (exact) mass is 337 g/mol. The number of hydrogen-bond donors (Lipinski definition) is 1. The summed E-state index contributed by atoms with van der Waals surface area (Å²) >= 11 is 0. The summed E-state index contributed by atoms with van der Waals surface area (Å²) in [5.41, 5.74) is 4.19. The molecule has 1 aromatic carbocycles. The molecule has 2 heterocycles. The van der Waals surface area contributed by atoms with Gasteiger partial charge in [0, 0.05) is 24.4 Å². The summed E-state index contributed by atoms with van der Waals surface area (Å²) in [5.74, 6) is 0.946. The van der Waals surface area contributed by atoms with Crippen LogP contribution < -0.4 is 5.32 Å². The third-order valence-electron chi connectivity index (χ3n) is 4.56. The number of carbonyl (C=O) groups is 1. The highest BCUT2D eigenvalue weighted by atomic mass is 16.1. The maximum Gasteiger partial charge on any atom is 0.252 e. The van der Waals surface area contributed by atoms with E-state index in [9.17, 15) is 4.79 Å². The molecule has 0 aliphatic rings. The number of aryl methyl sites for hydroxylation is 2. The SMILES string of the molecule is Cc1nc2ncnn2c(C)c1CCC(=O)NC[C@@H](C)c1ccccc1. The van der Waals surface area contributed by atoms with Gasteiger partial charge < -0.3 is 5.32 Å². The minimum absolute atomic E-state index is 0.0558. The van der Waals surface area contributed by atoms with Gasteiger partial charge in [-0.15, -0.1) is 0 Å². The summed E-state index contributed by atoms with van der Waals surface area (Å²) in [5, 5.41) is 7.21. The highest BCUT2D eigenvalue weighted by Crippen LogP contribution is 2.16. The molecule has 0 saturated carbocycles. The molecule has 6 nitrogen and oxygen atoms in total. The lowest BCUT2D eigenvalue weighted by Crippen LogP contribution is -2.27. The molecule has 25 heavy (non-hydrogen) atoms. The van der Waals surface area contributed by atoms with Crippen molar-refractivity contribution in [3.8, 4) is 0 Å². The van der Waals surface area contributed by atoms with Crippen LogP contribution in [0.3, 0.4) is 0 Å². The standard InChI is InChI=1S/C19H23N5O/c1-13(16-7-5-4-6-8-16)11-20-18(25)10-9-17-14(2)23-19-21-12-22-24(19)15(17)3/h4-8,12-13H,9-11H2,1-3H3,(H,20,25)/t13-/m1/s1. The van der Waals surface area contributed by atoms with E-state index in [1.54, 1.807) is 4.52 Å². The van der Waals surface area contributed by atoms with Gasteiger partial charge >= 0.3 is 0 Å². The quantitative estimate of drug-likeness (QED) is 0.750. The summed E-state index contributed by atoms with van der Waals surface area (Å²) in [6, 6.07) is 10.2. The molecule has 130 valence electrons. The van der Waals surface area contributed by atoms with Crippen LogP contribution in [0.5, 0.6) is 0 Å². The predicted molar refractivity (Wildman–Crippen MR) is 96.4 cm³/mol. The Morgan fingerprint density at radius 1 is 1.24 bits per heavy atom. The molecule has 1 N–H and O–H groups in total. The molecule has 6 heteroatoms. The third-order valence-corrected chi connectivity index (χ3v) is 4.56. The van der Waals surface area contributed by atoms with E-state index in [2.05, 4.69) is 39.4 Å². The van der Waals surface area contributed by atoms with Crippen molar-refractivity contribution < 1.29 is 4.79 Å². The average molecular weight is 337 g/mol. The molecule has 3 rings (SSSR count). The fourth-order valence-corrected chi connectivity index (χ4v) is 3.01. The lowest BCUT2D eigenvalue weighted by atomic mass is 10.0. The minimum Gasteiger partial charge on any atom is -0.355 e. The van der Waals surface area contributed by atoms with Crippen molar-refractivity contribution in [2.75, 3.05) is 6.54 Å². The number of aromatic nitrogens is 4. The van der Waals surface area contributed by atoms with E-state index in [0.717, 1.165) is 17.0 Å². The van der Waals surface area contributed by atoms with Crippen molar-refractivity contribution in [1.82, 2.24) is 24.9 Å². The fraction of sp³-hybridized carbons (Fsp3) is 0.368. The number of benzene rings is 1. The Labute approximate surface area is 147 Å². The van der Waals surface area contributed by atoms with Crippen LogP contribution in [0.1, 0.15) is 41.8 Å². The summed E-state index contributed by atoms with van der Waals surface area (Å²) in [6.07, 6.45) is 2.58. The van der Waals surface area contributed by atoms with Crippen molar-refractivity contribution in [2.24, 2.45) is 0 Å². The van der Waals surface area contributed by atoms with Crippen LogP contribution in [0.2, 0.25) is 0 Å². The number of carbonyl (C=O) groups excluding carboxylic acids is 1. The van der Waals surface area contributed by atoms with Crippen molar-refractivity contribution in [1.29, 1.82) is 0 Å². The summed E-state index contributed by atoms with van der Waals surface area (Å²) in [7, 11) is 0. The lowest BCUT2D eigenvalue weighted by Gasteiger charge is -2.14. The summed E-state index contributed by atoms with van der Waals surface area (Å²) in [4.78, 5) is 20.8. The number of fused-ring (bicyclic) bond motifs is 1. The Kier molecular flexibility index (Phi) is 5.07. The second kappa shape index (κ2) is 7.42. The second-order valence-corrected chi connectivity index (χ2v) is 6.35. The molecule has 0 radical (unpaired) electrons. The van der Waals surface area contributed by atoms with E-state index in [0.29, 0.717) is 31.1 Å². The first-order valence-electron chi connectivity index (χ1n) is 8.53. The first kappa shape index (κ1) is 17.1. The number of nitrogens with zero attached hydrogens (tertiary/aromatic N) is 4. The Balaban J connectivity index is 1.57. The topological polar surface area (TPSA) is 72.2 Å². The zero-order valence-electron chi connectivity index (χ0n) is 14.9. The lowest BCUT2D eigenvalue weighted by molar-refractivity contribution is -0.121. The highest BCUT2D eigenvalue weighted by Gasteiger charge is 2.13. The van der Waals surface area contributed by atoms with Crippen LogP contribution in [0.15, 0.2) is 36.7 Å². The molecule has 1 amide bonds. The molecule has 0 bridgehead atoms. The molecule has 2 aromatic heterocycles. The van der Waals surface area contributed by atoms with Crippen molar-refractivity contribution in [3.05, 3.63) is 59.2 Å². The molecule has 0 aliphatic heterocycles. The van der Waals surface area contributed by atoms with Crippen molar-refractivity contribution in [2.45, 2.75) is 39.5 Å². The molecule has 0 spiro atoms. The highest BCUT2D eigenvalue weighted by molar-refractivity contribution is 5.76. The van der Waals surface area contributed by atoms with Gasteiger partial charge in [-0.05, 0) is 37.3 Å². The number of nitrogens with one attached hydrogen (secondary N) is 1. The molecular formula is C19H23N5O. The van der Waals surface area contributed by atoms with E-state index in [4.69, 9.17) is 0 Å². The third kappa shape index (κ3) is 3.84. The van der Waals surface area contributed by atoms with Gasteiger partial charge in [-0.3, -0.25) is 4.79 Å². The molecular weight excluding hydrogens is 314 g/mol. The van der Waals surface area contributed by atoms with Gasteiger partial charge in [-0.2, -0.15) is 10.1 Å². The molecule has 3 aromatic rings. The van der Waals surface area contributed by atoms with Crippen LogP contribution in [0.4, 0.5) is 0 Å². The zero-order valence-corrected chi connectivity index (χ0v) is 14.9. The van der Waals surface area contributed by atoms with Crippen LogP contribution >= 0.6 is 0 Å². The van der Waals surface area contributed by atoms with Gasteiger partial charge in [0.1, 0.15) is 6.33 Å². The second-order valence-electron chi connectivity index (χ2n) is 6.35. The van der Waals surface area contributed by atoms with E-state index < -0.39 is 0 Å². The number of amides is 1. The van der Waals surface area contributed by atoms with Gasteiger partial charge in [0.25, 0.3) is 5.78 Å². The Hall–Kier alpha value is -2.76. The van der Waals surface area contributed by atoms with E-state index >= 15 is 0 Å². The van der Waals surface area contributed by atoms with Gasteiger partial charge in [-0.25, -0.2) is 9.50 Å². The van der Waals surface area contributed by atoms with Crippen LogP contribution in [-0.4, -0.2) is 32.0 Å². The predicted octanol–water partition coefficient (Wildman–Crippen LogP) is 2.59. The normalized spacial score (nSPS) is 12.3. The Morgan fingerprint density at radius 3 is 2.76 bits per heavy atom. The molecule has 1 atom stereocenters. The van der Waals surface area contributed by atoms with E-state index in [-0.39, 0.29) is 5.91 Å². The zero-order chi connectivity index (χ0) is 17.8. The maximum atomic E-state index is 12.2. The van der Waals surface area contributed by atoms with Gasteiger partial charge in [-0.1, -0.05) is 37.3 Å². The molecule has 0 fully saturated rings. The first-order chi connectivity index (χ1) is 12.1. The van der Waals surface area contributed by atoms with Crippen LogP contribution in [0, 0.1) is 13.8 Å². The number of hydrogen-bond acceptors (Lipinski definition) is 4. The van der Waals surface area contributed by atoms with Gasteiger partial charge in [0.2, 0.25) is 5.91 Å². The fourth-order valence-electron chi connectivity index (χ4n) is 3.01. The average Bonchev–Trinajstić information content (AvgIpc) is 3.08. The smallest absolute Gasteiger partial charge is 0.252 e. The van der Waals surface area contributed by atoms with E-state index in [1.165, 1.54) is 11.9 Å². The Morgan fingerprint density at radius 2 is 2.00 bits per heavy atom. The molecule has 0 unspecified atom stereocenters. The molecule has 0 aliphatic carbocycles.